The molecule has 0 aliphatic heterocycles. The first kappa shape index (κ1) is 22.7. The molecule has 0 radical (unpaired) electrons. The molecule has 0 saturated heterocycles. The van der Waals surface area contributed by atoms with E-state index in [1.165, 1.54) is 64.2 Å². The normalized spacial score (nSPS) is 58.5. The fourth-order valence-corrected chi connectivity index (χ4v) is 11.3. The summed E-state index contributed by atoms with van der Waals surface area (Å²) in [6.45, 7) is 15.6. The van der Waals surface area contributed by atoms with Crippen LogP contribution in [0.25, 0.3) is 0 Å². The molecule has 5 aliphatic carbocycles. The SMILES string of the molecule is C[C@H]1CC[C@]2(CO)CC[C@@]3(C)C(CCC4[C@@]5(C)CC[C@H](O)C(C)(C)C5CC[C@]43C)[C@@H]2C1. The Bertz CT molecular complexity index is 716. The molecular weight excluding hydrogens is 380 g/mol. The van der Waals surface area contributed by atoms with Crippen molar-refractivity contribution in [2.45, 2.75) is 118 Å². The summed E-state index contributed by atoms with van der Waals surface area (Å²) < 4.78 is 0. The van der Waals surface area contributed by atoms with Gasteiger partial charge in [-0.2, -0.15) is 0 Å². The summed E-state index contributed by atoms with van der Waals surface area (Å²) >= 11 is 0. The molecule has 0 aromatic rings. The van der Waals surface area contributed by atoms with E-state index >= 15 is 0 Å². The second-order valence-corrected chi connectivity index (χ2v) is 14.6. The Morgan fingerprint density at radius 1 is 0.710 bits per heavy atom. The maximum absolute atomic E-state index is 10.9. The number of fused-ring (bicyclic) bond motifs is 7. The van der Waals surface area contributed by atoms with Crippen molar-refractivity contribution in [2.75, 3.05) is 6.61 Å². The molecule has 5 saturated carbocycles. The van der Waals surface area contributed by atoms with Gasteiger partial charge < -0.3 is 10.2 Å². The summed E-state index contributed by atoms with van der Waals surface area (Å²) in [5.74, 6) is 3.78. The average Bonchev–Trinajstić information content (AvgIpc) is 2.72. The van der Waals surface area contributed by atoms with Gasteiger partial charge in [0.1, 0.15) is 0 Å². The zero-order valence-corrected chi connectivity index (χ0v) is 21.3. The highest BCUT2D eigenvalue weighted by Gasteiger charge is 2.69. The van der Waals surface area contributed by atoms with E-state index in [0.717, 1.165) is 30.1 Å². The van der Waals surface area contributed by atoms with Gasteiger partial charge in [-0.05, 0) is 121 Å². The van der Waals surface area contributed by atoms with Crippen LogP contribution in [0.4, 0.5) is 0 Å². The summed E-state index contributed by atoms with van der Waals surface area (Å²) in [6, 6.07) is 0. The lowest BCUT2D eigenvalue weighted by atomic mass is 9.31. The summed E-state index contributed by atoms with van der Waals surface area (Å²) in [6.07, 6.45) is 14.0. The van der Waals surface area contributed by atoms with Crippen LogP contribution in [-0.2, 0) is 0 Å². The first-order chi connectivity index (χ1) is 14.4. The monoisotopic (exact) mass is 430 g/mol. The van der Waals surface area contributed by atoms with Crippen molar-refractivity contribution in [3.63, 3.8) is 0 Å². The summed E-state index contributed by atoms with van der Waals surface area (Å²) in [5.41, 5.74) is 1.45. The van der Waals surface area contributed by atoms with Crippen LogP contribution in [0.1, 0.15) is 112 Å². The third kappa shape index (κ3) is 2.76. The van der Waals surface area contributed by atoms with Crippen LogP contribution in [-0.4, -0.2) is 22.9 Å². The maximum Gasteiger partial charge on any atom is 0.0594 e. The first-order valence-corrected chi connectivity index (χ1v) is 13.7. The molecule has 5 aliphatic rings. The van der Waals surface area contributed by atoms with E-state index < -0.39 is 0 Å². The molecule has 5 fully saturated rings. The average molecular weight is 431 g/mol. The van der Waals surface area contributed by atoms with E-state index in [4.69, 9.17) is 0 Å². The van der Waals surface area contributed by atoms with Crippen LogP contribution in [0.5, 0.6) is 0 Å². The van der Waals surface area contributed by atoms with E-state index in [1.54, 1.807) is 0 Å². The fraction of sp³-hybridized carbons (Fsp3) is 1.00. The third-order valence-corrected chi connectivity index (χ3v) is 13.4. The Hall–Kier alpha value is -0.0800. The molecule has 0 heterocycles. The van der Waals surface area contributed by atoms with Gasteiger partial charge in [0.25, 0.3) is 0 Å². The lowest BCUT2D eigenvalue weighted by molar-refractivity contribution is -0.255. The smallest absolute Gasteiger partial charge is 0.0594 e. The van der Waals surface area contributed by atoms with Gasteiger partial charge in [-0.15, -0.1) is 0 Å². The van der Waals surface area contributed by atoms with Crippen molar-refractivity contribution >= 4 is 0 Å². The van der Waals surface area contributed by atoms with Crippen LogP contribution in [0, 0.1) is 56.7 Å². The van der Waals surface area contributed by atoms with Crippen LogP contribution >= 0.6 is 0 Å². The highest BCUT2D eigenvalue weighted by atomic mass is 16.3. The lowest BCUT2D eigenvalue weighted by Gasteiger charge is -2.73. The van der Waals surface area contributed by atoms with E-state index in [0.29, 0.717) is 28.8 Å². The van der Waals surface area contributed by atoms with Crippen LogP contribution in [0.2, 0.25) is 0 Å². The number of rotatable bonds is 1. The minimum atomic E-state index is -0.134. The molecule has 2 heteroatoms. The Morgan fingerprint density at radius 3 is 2.16 bits per heavy atom. The molecule has 0 aromatic heterocycles. The summed E-state index contributed by atoms with van der Waals surface area (Å²) in [4.78, 5) is 0. The lowest BCUT2D eigenvalue weighted by Crippen LogP contribution is -2.67. The predicted molar refractivity (Wildman–Crippen MR) is 128 cm³/mol. The minimum absolute atomic E-state index is 0.0451. The zero-order valence-electron chi connectivity index (χ0n) is 21.3. The fourth-order valence-electron chi connectivity index (χ4n) is 11.3. The molecule has 10 atom stereocenters. The zero-order chi connectivity index (χ0) is 22.4. The Morgan fingerprint density at radius 2 is 1.45 bits per heavy atom. The number of aliphatic hydroxyl groups is 2. The molecule has 2 nitrogen and oxygen atoms in total. The summed E-state index contributed by atoms with van der Waals surface area (Å²) in [5, 5.41) is 21.5. The molecular formula is C29H50O2. The van der Waals surface area contributed by atoms with Gasteiger partial charge in [-0.3, -0.25) is 0 Å². The van der Waals surface area contributed by atoms with E-state index in [-0.39, 0.29) is 16.9 Å². The summed E-state index contributed by atoms with van der Waals surface area (Å²) in [7, 11) is 0. The van der Waals surface area contributed by atoms with Gasteiger partial charge >= 0.3 is 0 Å². The molecule has 0 amide bonds. The second-order valence-electron chi connectivity index (χ2n) is 14.6. The van der Waals surface area contributed by atoms with Gasteiger partial charge in [0, 0.05) is 6.61 Å². The van der Waals surface area contributed by atoms with Gasteiger partial charge in [-0.1, -0.05) is 48.0 Å². The molecule has 0 spiro atoms. The Labute approximate surface area is 192 Å². The first-order valence-electron chi connectivity index (χ1n) is 13.7. The van der Waals surface area contributed by atoms with Crippen LogP contribution in [0.3, 0.4) is 0 Å². The number of hydrogen-bond donors (Lipinski definition) is 2. The standard InChI is InChI=1S/C29H50O2/c1-19-9-14-29(18-30)16-15-27(5)20(21(29)17-19)7-8-23-26(4)12-11-24(31)25(2,3)22(26)10-13-28(23,27)6/h19-24,30-31H,7-18H2,1-6H3/t19-,20?,21-,22?,23?,24-,26-,27-,28+,29+/m0/s1. The largest absolute Gasteiger partial charge is 0.396 e. The van der Waals surface area contributed by atoms with E-state index in [2.05, 4.69) is 41.5 Å². The predicted octanol–water partition coefficient (Wildman–Crippen LogP) is 6.83. The third-order valence-electron chi connectivity index (χ3n) is 13.4. The highest BCUT2D eigenvalue weighted by molar-refractivity contribution is 5.18. The highest BCUT2D eigenvalue weighted by Crippen LogP contribution is 2.76. The maximum atomic E-state index is 10.9. The van der Waals surface area contributed by atoms with Gasteiger partial charge in [0.15, 0.2) is 0 Å². The molecule has 0 bridgehead atoms. The quantitative estimate of drug-likeness (QED) is 0.478. The molecule has 5 rings (SSSR count). The molecule has 31 heavy (non-hydrogen) atoms. The van der Waals surface area contributed by atoms with Gasteiger partial charge in [0.05, 0.1) is 6.10 Å². The van der Waals surface area contributed by atoms with Crippen molar-refractivity contribution in [1.82, 2.24) is 0 Å². The van der Waals surface area contributed by atoms with Crippen LogP contribution in [0.15, 0.2) is 0 Å². The molecule has 178 valence electrons. The van der Waals surface area contributed by atoms with Crippen molar-refractivity contribution in [2.24, 2.45) is 56.7 Å². The van der Waals surface area contributed by atoms with Crippen molar-refractivity contribution < 1.29 is 10.2 Å². The number of aliphatic hydroxyl groups excluding tert-OH is 2. The van der Waals surface area contributed by atoms with Crippen molar-refractivity contribution in [3.05, 3.63) is 0 Å². The minimum Gasteiger partial charge on any atom is -0.396 e. The molecule has 0 aromatic carbocycles. The van der Waals surface area contributed by atoms with Crippen LogP contribution < -0.4 is 0 Å². The molecule has 3 unspecified atom stereocenters. The Kier molecular flexibility index (Phi) is 5.10. The number of hydrogen-bond acceptors (Lipinski definition) is 2. The van der Waals surface area contributed by atoms with Crippen molar-refractivity contribution in [3.8, 4) is 0 Å². The van der Waals surface area contributed by atoms with E-state index in [1.807, 2.05) is 0 Å². The van der Waals surface area contributed by atoms with Gasteiger partial charge in [0.2, 0.25) is 0 Å². The second kappa shape index (κ2) is 6.97. The van der Waals surface area contributed by atoms with E-state index in [9.17, 15) is 10.2 Å². The van der Waals surface area contributed by atoms with Gasteiger partial charge in [-0.25, -0.2) is 0 Å². The Balaban J connectivity index is 1.52. The topological polar surface area (TPSA) is 40.5 Å². The molecule has 2 N–H and O–H groups in total. The van der Waals surface area contributed by atoms with Crippen molar-refractivity contribution in [1.29, 1.82) is 0 Å².